The van der Waals surface area contributed by atoms with Gasteiger partial charge in [-0.1, -0.05) is 23.8 Å². The van der Waals surface area contributed by atoms with E-state index < -0.39 is 5.91 Å². The summed E-state index contributed by atoms with van der Waals surface area (Å²) < 4.78 is 0. The minimum absolute atomic E-state index is 0.230. The van der Waals surface area contributed by atoms with E-state index in [9.17, 15) is 9.59 Å². The highest BCUT2D eigenvalue weighted by Gasteiger charge is 2.02. The molecule has 2 amide bonds. The van der Waals surface area contributed by atoms with Crippen LogP contribution >= 0.6 is 0 Å². The van der Waals surface area contributed by atoms with Crippen LogP contribution in [0.4, 0.5) is 5.69 Å². The second-order valence-electron chi connectivity index (χ2n) is 5.12. The first-order chi connectivity index (χ1) is 10.5. The predicted octanol–water partition coefficient (Wildman–Crippen LogP) is 3.05. The first kappa shape index (κ1) is 15.5. The molecule has 4 heteroatoms. The number of benzene rings is 2. The van der Waals surface area contributed by atoms with Crippen molar-refractivity contribution in [2.75, 3.05) is 5.32 Å². The number of carbonyl (C=O) groups excluding carboxylic acids is 2. The summed E-state index contributed by atoms with van der Waals surface area (Å²) in [6.07, 6.45) is 3.27. The molecule has 3 N–H and O–H groups in total. The van der Waals surface area contributed by atoms with E-state index in [-0.39, 0.29) is 5.91 Å². The van der Waals surface area contributed by atoms with E-state index >= 15 is 0 Å². The maximum absolute atomic E-state index is 11.9. The van der Waals surface area contributed by atoms with Gasteiger partial charge in [-0.2, -0.15) is 0 Å². The highest BCUT2D eigenvalue weighted by molar-refractivity contribution is 6.02. The molecule has 0 aromatic heterocycles. The summed E-state index contributed by atoms with van der Waals surface area (Å²) in [6, 6.07) is 12.5. The number of hydrogen-bond acceptors (Lipinski definition) is 2. The fourth-order valence-electron chi connectivity index (χ4n) is 2.08. The standard InChI is InChI=1S/C18H18N2O2/c1-12-3-4-14(13(2)11-12)7-10-17(21)20-16-8-5-15(6-9-16)18(19)22/h3-11H,1-2H3,(H2,19,22)(H,20,21). The van der Waals surface area contributed by atoms with Gasteiger partial charge in [0.15, 0.2) is 0 Å². The van der Waals surface area contributed by atoms with Gasteiger partial charge < -0.3 is 11.1 Å². The van der Waals surface area contributed by atoms with Gasteiger partial charge in [-0.15, -0.1) is 0 Å². The van der Waals surface area contributed by atoms with Gasteiger partial charge in [0.2, 0.25) is 11.8 Å². The van der Waals surface area contributed by atoms with E-state index in [0.717, 1.165) is 11.1 Å². The average molecular weight is 294 g/mol. The SMILES string of the molecule is Cc1ccc(C=CC(=O)Nc2ccc(C(N)=O)cc2)c(C)c1. The van der Waals surface area contributed by atoms with Crippen molar-refractivity contribution in [1.29, 1.82) is 0 Å². The van der Waals surface area contributed by atoms with Crippen molar-refractivity contribution in [2.24, 2.45) is 5.73 Å². The number of primary amides is 1. The molecule has 0 heterocycles. The summed E-state index contributed by atoms with van der Waals surface area (Å²) in [6.45, 7) is 4.04. The topological polar surface area (TPSA) is 72.2 Å². The quantitative estimate of drug-likeness (QED) is 0.851. The summed E-state index contributed by atoms with van der Waals surface area (Å²) in [7, 11) is 0. The normalized spacial score (nSPS) is 10.6. The lowest BCUT2D eigenvalue weighted by atomic mass is 10.1. The van der Waals surface area contributed by atoms with Crippen LogP contribution in [0.3, 0.4) is 0 Å². The Morgan fingerprint density at radius 3 is 2.32 bits per heavy atom. The molecule has 2 aromatic rings. The maximum atomic E-state index is 11.9. The number of amides is 2. The molecule has 22 heavy (non-hydrogen) atoms. The third-order valence-electron chi connectivity index (χ3n) is 3.28. The van der Waals surface area contributed by atoms with Crippen molar-refractivity contribution in [3.8, 4) is 0 Å². The molecule has 0 saturated carbocycles. The average Bonchev–Trinajstić information content (AvgIpc) is 2.47. The number of hydrogen-bond donors (Lipinski definition) is 2. The zero-order valence-electron chi connectivity index (χ0n) is 12.6. The van der Waals surface area contributed by atoms with E-state index in [4.69, 9.17) is 5.73 Å². The van der Waals surface area contributed by atoms with Crippen LogP contribution in [0.2, 0.25) is 0 Å². The van der Waals surface area contributed by atoms with Crippen molar-refractivity contribution >= 4 is 23.6 Å². The van der Waals surface area contributed by atoms with Crippen molar-refractivity contribution in [2.45, 2.75) is 13.8 Å². The van der Waals surface area contributed by atoms with Crippen LogP contribution in [0.15, 0.2) is 48.5 Å². The van der Waals surface area contributed by atoms with Crippen LogP contribution < -0.4 is 11.1 Å². The molecule has 0 aliphatic rings. The van der Waals surface area contributed by atoms with Crippen molar-refractivity contribution in [1.82, 2.24) is 0 Å². The minimum Gasteiger partial charge on any atom is -0.366 e. The van der Waals surface area contributed by atoms with E-state index in [1.54, 1.807) is 30.3 Å². The van der Waals surface area contributed by atoms with Crippen LogP contribution in [0, 0.1) is 13.8 Å². The molecule has 0 radical (unpaired) electrons. The molecule has 0 fully saturated rings. The van der Waals surface area contributed by atoms with Crippen molar-refractivity contribution in [3.05, 3.63) is 70.8 Å². The molecule has 2 rings (SSSR count). The Bertz CT molecular complexity index is 731. The molecule has 0 bridgehead atoms. The van der Waals surface area contributed by atoms with E-state index in [2.05, 4.69) is 11.4 Å². The molecule has 2 aromatic carbocycles. The molecule has 0 atom stereocenters. The molecule has 0 aliphatic heterocycles. The zero-order chi connectivity index (χ0) is 16.1. The number of rotatable bonds is 4. The van der Waals surface area contributed by atoms with Crippen molar-refractivity contribution in [3.63, 3.8) is 0 Å². The Kier molecular flexibility index (Phi) is 4.73. The maximum Gasteiger partial charge on any atom is 0.248 e. The van der Waals surface area contributed by atoms with Crippen LogP contribution in [-0.4, -0.2) is 11.8 Å². The highest BCUT2D eigenvalue weighted by atomic mass is 16.1. The lowest BCUT2D eigenvalue weighted by Gasteiger charge is -2.04. The van der Waals surface area contributed by atoms with E-state index in [1.165, 1.54) is 11.6 Å². The lowest BCUT2D eigenvalue weighted by Crippen LogP contribution is -2.11. The molecule has 4 nitrogen and oxygen atoms in total. The molecular weight excluding hydrogens is 276 g/mol. The number of nitrogens with one attached hydrogen (secondary N) is 1. The Balaban J connectivity index is 2.03. The molecule has 0 unspecified atom stereocenters. The smallest absolute Gasteiger partial charge is 0.248 e. The fourth-order valence-corrected chi connectivity index (χ4v) is 2.08. The van der Waals surface area contributed by atoms with Gasteiger partial charge in [-0.3, -0.25) is 9.59 Å². The number of carbonyl (C=O) groups is 2. The first-order valence-corrected chi connectivity index (χ1v) is 6.92. The second kappa shape index (κ2) is 6.72. The Labute approximate surface area is 129 Å². The zero-order valence-corrected chi connectivity index (χ0v) is 12.6. The van der Waals surface area contributed by atoms with E-state index in [1.807, 2.05) is 26.0 Å². The monoisotopic (exact) mass is 294 g/mol. The van der Waals surface area contributed by atoms with Crippen LogP contribution in [0.5, 0.6) is 0 Å². The third kappa shape index (κ3) is 4.06. The van der Waals surface area contributed by atoms with Gasteiger partial charge in [-0.05, 0) is 55.3 Å². The summed E-state index contributed by atoms with van der Waals surface area (Å²) in [5, 5.41) is 2.73. The highest BCUT2D eigenvalue weighted by Crippen LogP contribution is 2.13. The van der Waals surface area contributed by atoms with Crippen LogP contribution in [0.1, 0.15) is 27.0 Å². The number of anilines is 1. The largest absolute Gasteiger partial charge is 0.366 e. The van der Waals surface area contributed by atoms with Crippen molar-refractivity contribution < 1.29 is 9.59 Å². The number of aryl methyl sites for hydroxylation is 2. The van der Waals surface area contributed by atoms with Gasteiger partial charge in [0.1, 0.15) is 0 Å². The molecule has 0 aliphatic carbocycles. The van der Waals surface area contributed by atoms with Crippen LogP contribution in [0.25, 0.3) is 6.08 Å². The summed E-state index contributed by atoms with van der Waals surface area (Å²) in [5.41, 5.74) is 9.50. The Hall–Kier alpha value is -2.88. The minimum atomic E-state index is -0.493. The fraction of sp³-hybridized carbons (Fsp3) is 0.111. The van der Waals surface area contributed by atoms with E-state index in [0.29, 0.717) is 11.3 Å². The lowest BCUT2D eigenvalue weighted by molar-refractivity contribution is -0.111. The summed E-state index contributed by atoms with van der Waals surface area (Å²) in [4.78, 5) is 22.9. The number of nitrogens with two attached hydrogens (primary N) is 1. The molecule has 0 spiro atoms. The Morgan fingerprint density at radius 2 is 1.73 bits per heavy atom. The summed E-state index contributed by atoms with van der Waals surface area (Å²) >= 11 is 0. The molecule has 112 valence electrons. The predicted molar refractivity (Wildman–Crippen MR) is 88.5 cm³/mol. The summed E-state index contributed by atoms with van der Waals surface area (Å²) in [5.74, 6) is -0.723. The van der Waals surface area contributed by atoms with Gasteiger partial charge in [0.25, 0.3) is 0 Å². The molecular formula is C18H18N2O2. The first-order valence-electron chi connectivity index (χ1n) is 6.92. The van der Waals surface area contributed by atoms with Gasteiger partial charge in [0.05, 0.1) is 0 Å². The van der Waals surface area contributed by atoms with Crippen LogP contribution in [-0.2, 0) is 4.79 Å². The van der Waals surface area contributed by atoms with Gasteiger partial charge in [0, 0.05) is 17.3 Å². The van der Waals surface area contributed by atoms with Gasteiger partial charge in [-0.25, -0.2) is 0 Å². The van der Waals surface area contributed by atoms with Gasteiger partial charge >= 0.3 is 0 Å². The molecule has 0 saturated heterocycles. The Morgan fingerprint density at radius 1 is 1.05 bits per heavy atom. The second-order valence-corrected chi connectivity index (χ2v) is 5.12. The third-order valence-corrected chi connectivity index (χ3v) is 3.28.